The zero-order valence-corrected chi connectivity index (χ0v) is 12.0. The van der Waals surface area contributed by atoms with Crippen LogP contribution in [0.25, 0.3) is 0 Å². The molecule has 1 atom stereocenters. The van der Waals surface area contributed by atoms with Crippen LogP contribution >= 0.6 is 0 Å². The molecule has 0 bridgehead atoms. The predicted molar refractivity (Wildman–Crippen MR) is 74.7 cm³/mol. The number of ether oxygens (including phenoxy) is 1. The van der Waals surface area contributed by atoms with Crippen molar-refractivity contribution >= 4 is 5.97 Å². The molecule has 0 radical (unpaired) electrons. The zero-order valence-electron chi connectivity index (χ0n) is 12.0. The predicted octanol–water partition coefficient (Wildman–Crippen LogP) is 2.21. The summed E-state index contributed by atoms with van der Waals surface area (Å²) in [6.45, 7) is 5.77. The van der Waals surface area contributed by atoms with Gasteiger partial charge in [-0.05, 0) is 26.3 Å². The maximum absolute atomic E-state index is 11.6. The molecule has 5 nitrogen and oxygen atoms in total. The van der Waals surface area contributed by atoms with E-state index in [-0.39, 0.29) is 6.17 Å². The highest BCUT2D eigenvalue weighted by molar-refractivity contribution is 5.83. The minimum Gasteiger partial charge on any atom is -0.463 e. The van der Waals surface area contributed by atoms with Crippen LogP contribution in [0.15, 0.2) is 42.1 Å². The van der Waals surface area contributed by atoms with Crippen LogP contribution in [-0.4, -0.2) is 28.4 Å². The molecule has 0 aliphatic carbocycles. The SMILES string of the molecule is CCOC(=O)/C=C1\NC(c2ccccc2)N(O)C1(C)C. The maximum Gasteiger partial charge on any atom is 0.332 e. The molecule has 0 spiro atoms. The number of carbonyl (C=O) groups is 1. The van der Waals surface area contributed by atoms with Gasteiger partial charge in [0.05, 0.1) is 12.1 Å². The molecule has 1 aliphatic rings. The third-order valence-corrected chi connectivity index (χ3v) is 3.43. The van der Waals surface area contributed by atoms with Gasteiger partial charge in [-0.25, -0.2) is 4.79 Å². The number of hydroxylamine groups is 2. The fraction of sp³-hybridized carbons (Fsp3) is 0.400. The summed E-state index contributed by atoms with van der Waals surface area (Å²) in [5, 5.41) is 14.7. The van der Waals surface area contributed by atoms with E-state index in [0.717, 1.165) is 5.56 Å². The Bertz CT molecular complexity index is 511. The lowest BCUT2D eigenvalue weighted by molar-refractivity contribution is -0.162. The van der Waals surface area contributed by atoms with Crippen LogP contribution in [0.3, 0.4) is 0 Å². The number of benzene rings is 1. The van der Waals surface area contributed by atoms with Crippen molar-refractivity contribution in [1.29, 1.82) is 0 Å². The molecule has 1 saturated heterocycles. The van der Waals surface area contributed by atoms with Crippen LogP contribution in [0.2, 0.25) is 0 Å². The van der Waals surface area contributed by atoms with E-state index in [1.165, 1.54) is 11.1 Å². The summed E-state index contributed by atoms with van der Waals surface area (Å²) in [5.74, 6) is -0.412. The van der Waals surface area contributed by atoms with E-state index in [4.69, 9.17) is 4.74 Å². The Morgan fingerprint density at radius 2 is 2.10 bits per heavy atom. The minimum atomic E-state index is -0.687. The first-order valence-corrected chi connectivity index (χ1v) is 6.65. The highest BCUT2D eigenvalue weighted by Gasteiger charge is 2.43. The monoisotopic (exact) mass is 276 g/mol. The van der Waals surface area contributed by atoms with Crippen molar-refractivity contribution in [2.75, 3.05) is 6.61 Å². The van der Waals surface area contributed by atoms with Gasteiger partial charge in [-0.1, -0.05) is 30.3 Å². The van der Waals surface area contributed by atoms with Crippen LogP contribution in [0.5, 0.6) is 0 Å². The smallest absolute Gasteiger partial charge is 0.332 e. The van der Waals surface area contributed by atoms with Crippen LogP contribution in [-0.2, 0) is 9.53 Å². The van der Waals surface area contributed by atoms with Gasteiger partial charge in [0, 0.05) is 11.8 Å². The molecule has 108 valence electrons. The molecule has 1 aromatic rings. The second-order valence-electron chi connectivity index (χ2n) is 5.17. The normalized spacial score (nSPS) is 23.6. The van der Waals surface area contributed by atoms with E-state index >= 15 is 0 Å². The van der Waals surface area contributed by atoms with Crippen LogP contribution < -0.4 is 5.32 Å². The van der Waals surface area contributed by atoms with E-state index in [9.17, 15) is 10.0 Å². The highest BCUT2D eigenvalue weighted by Crippen LogP contribution is 2.36. The standard InChI is InChI=1S/C15H20N2O3/c1-4-20-13(18)10-12-15(2,3)17(19)14(16-12)11-8-6-5-7-9-11/h5-10,14,16,19H,4H2,1-3H3/b12-10-. The second kappa shape index (κ2) is 5.64. The van der Waals surface area contributed by atoms with E-state index < -0.39 is 11.5 Å². The largest absolute Gasteiger partial charge is 0.463 e. The van der Waals surface area contributed by atoms with Crippen LogP contribution in [0.1, 0.15) is 32.5 Å². The molecular weight excluding hydrogens is 256 g/mol. The Balaban J connectivity index is 2.27. The van der Waals surface area contributed by atoms with Crippen molar-refractivity contribution in [3.05, 3.63) is 47.7 Å². The Morgan fingerprint density at radius 3 is 2.70 bits per heavy atom. The van der Waals surface area contributed by atoms with Crippen molar-refractivity contribution in [2.24, 2.45) is 0 Å². The number of esters is 1. The van der Waals surface area contributed by atoms with Gasteiger partial charge < -0.3 is 15.3 Å². The Morgan fingerprint density at radius 1 is 1.45 bits per heavy atom. The molecule has 0 amide bonds. The van der Waals surface area contributed by atoms with E-state index in [0.29, 0.717) is 12.3 Å². The van der Waals surface area contributed by atoms with Gasteiger partial charge in [0.2, 0.25) is 0 Å². The Hall–Kier alpha value is -1.85. The summed E-state index contributed by atoms with van der Waals surface area (Å²) in [4.78, 5) is 11.6. The van der Waals surface area contributed by atoms with Crippen molar-refractivity contribution < 1.29 is 14.7 Å². The minimum absolute atomic E-state index is 0.327. The first kappa shape index (κ1) is 14.6. The molecular formula is C15H20N2O3. The molecule has 1 fully saturated rings. The average molecular weight is 276 g/mol. The molecule has 2 rings (SSSR count). The number of carbonyl (C=O) groups excluding carboxylic acids is 1. The maximum atomic E-state index is 11.6. The summed E-state index contributed by atoms with van der Waals surface area (Å²) >= 11 is 0. The third-order valence-electron chi connectivity index (χ3n) is 3.43. The van der Waals surface area contributed by atoms with Gasteiger partial charge in [-0.2, -0.15) is 5.06 Å². The molecule has 20 heavy (non-hydrogen) atoms. The highest BCUT2D eigenvalue weighted by atomic mass is 16.5. The van der Waals surface area contributed by atoms with Gasteiger partial charge in [0.25, 0.3) is 0 Å². The molecule has 1 aliphatic heterocycles. The van der Waals surface area contributed by atoms with Crippen molar-refractivity contribution in [3.63, 3.8) is 0 Å². The summed E-state index contributed by atoms with van der Waals surface area (Å²) in [7, 11) is 0. The third kappa shape index (κ3) is 2.69. The lowest BCUT2D eigenvalue weighted by Gasteiger charge is -2.27. The van der Waals surface area contributed by atoms with E-state index in [2.05, 4.69) is 5.32 Å². The molecule has 1 heterocycles. The fourth-order valence-corrected chi connectivity index (χ4v) is 2.21. The Kier molecular flexibility index (Phi) is 4.11. The molecule has 2 N–H and O–H groups in total. The van der Waals surface area contributed by atoms with Gasteiger partial charge in [0.1, 0.15) is 6.17 Å². The number of nitrogens with zero attached hydrogens (tertiary/aromatic N) is 1. The molecule has 1 aromatic carbocycles. The van der Waals surface area contributed by atoms with Gasteiger partial charge >= 0.3 is 5.97 Å². The molecule has 0 saturated carbocycles. The quantitative estimate of drug-likeness (QED) is 0.654. The zero-order chi connectivity index (χ0) is 14.8. The summed E-state index contributed by atoms with van der Waals surface area (Å²) in [6, 6.07) is 9.57. The summed E-state index contributed by atoms with van der Waals surface area (Å²) in [5.41, 5.74) is 0.871. The van der Waals surface area contributed by atoms with E-state index in [1.807, 2.05) is 44.2 Å². The van der Waals surface area contributed by atoms with Gasteiger partial charge in [-0.3, -0.25) is 0 Å². The molecule has 5 heteroatoms. The van der Waals surface area contributed by atoms with Crippen molar-refractivity contribution in [3.8, 4) is 0 Å². The first-order chi connectivity index (χ1) is 9.46. The topological polar surface area (TPSA) is 61.8 Å². The lowest BCUT2D eigenvalue weighted by atomic mass is 10.0. The van der Waals surface area contributed by atoms with Crippen LogP contribution in [0.4, 0.5) is 0 Å². The number of hydrogen-bond acceptors (Lipinski definition) is 5. The number of hydrogen-bond donors (Lipinski definition) is 2. The van der Waals surface area contributed by atoms with Crippen LogP contribution in [0, 0.1) is 0 Å². The summed E-state index contributed by atoms with van der Waals surface area (Å²) in [6.07, 6.45) is 1.02. The van der Waals surface area contributed by atoms with Crippen molar-refractivity contribution in [1.82, 2.24) is 10.4 Å². The molecule has 1 unspecified atom stereocenters. The van der Waals surface area contributed by atoms with Gasteiger partial charge in [0.15, 0.2) is 0 Å². The molecule has 0 aromatic heterocycles. The lowest BCUT2D eigenvalue weighted by Crippen LogP contribution is -2.38. The average Bonchev–Trinajstić information content (AvgIpc) is 2.64. The van der Waals surface area contributed by atoms with Gasteiger partial charge in [-0.15, -0.1) is 0 Å². The van der Waals surface area contributed by atoms with E-state index in [1.54, 1.807) is 6.92 Å². The number of nitrogens with one attached hydrogen (secondary N) is 1. The summed E-state index contributed by atoms with van der Waals surface area (Å²) < 4.78 is 4.92. The first-order valence-electron chi connectivity index (χ1n) is 6.65. The number of rotatable bonds is 3. The Labute approximate surface area is 118 Å². The fourth-order valence-electron chi connectivity index (χ4n) is 2.21. The second-order valence-corrected chi connectivity index (χ2v) is 5.17. The van der Waals surface area contributed by atoms with Crippen molar-refractivity contribution in [2.45, 2.75) is 32.5 Å².